The fraction of sp³-hybridized carbons (Fsp3) is 0.733. The number of anilines is 1. The number of piperidine rings is 1. The first-order valence-electron chi connectivity index (χ1n) is 8.19. The number of nitrogens with zero attached hydrogens (tertiary/aromatic N) is 3. The molecule has 1 aromatic rings. The second-order valence-electron chi connectivity index (χ2n) is 5.58. The van der Waals surface area contributed by atoms with Crippen LogP contribution >= 0.6 is 11.3 Å². The molecule has 0 saturated carbocycles. The number of hydrogen-bond donors (Lipinski definition) is 1. The Kier molecular flexibility index (Phi) is 6.76. The van der Waals surface area contributed by atoms with Gasteiger partial charge >= 0.3 is 6.09 Å². The molecule has 0 spiro atoms. The number of unbranched alkanes of at least 4 members (excludes halogenated alkanes) is 1. The predicted octanol–water partition coefficient (Wildman–Crippen LogP) is 2.69. The second kappa shape index (κ2) is 8.81. The van der Waals surface area contributed by atoms with Gasteiger partial charge in [-0.2, -0.15) is 0 Å². The van der Waals surface area contributed by atoms with Crippen LogP contribution in [0.15, 0.2) is 0 Å². The zero-order chi connectivity index (χ0) is 16.7. The summed E-state index contributed by atoms with van der Waals surface area (Å²) >= 11 is 1.42. The molecule has 0 radical (unpaired) electrons. The van der Waals surface area contributed by atoms with Crippen molar-refractivity contribution in [3.05, 3.63) is 5.01 Å². The van der Waals surface area contributed by atoms with Crippen molar-refractivity contribution in [2.75, 3.05) is 25.0 Å². The van der Waals surface area contributed by atoms with Crippen LogP contribution in [0.4, 0.5) is 9.93 Å². The summed E-state index contributed by atoms with van der Waals surface area (Å²) in [6.45, 7) is 5.28. The molecule has 8 heteroatoms. The number of hydrogen-bond acceptors (Lipinski definition) is 6. The number of nitrogens with one attached hydrogen (secondary N) is 1. The molecule has 1 aromatic heterocycles. The summed E-state index contributed by atoms with van der Waals surface area (Å²) in [5.41, 5.74) is 0. The summed E-state index contributed by atoms with van der Waals surface area (Å²) in [5, 5.41) is 12.4. The van der Waals surface area contributed by atoms with Gasteiger partial charge in [-0.15, -0.1) is 10.2 Å². The highest BCUT2D eigenvalue weighted by Crippen LogP contribution is 2.22. The number of likely N-dealkylation sites (tertiary alicyclic amines) is 1. The molecule has 1 unspecified atom stereocenters. The predicted molar refractivity (Wildman–Crippen MR) is 88.5 cm³/mol. The van der Waals surface area contributed by atoms with E-state index in [4.69, 9.17) is 4.74 Å². The lowest BCUT2D eigenvalue weighted by atomic mass is 9.97. The van der Waals surface area contributed by atoms with Crippen molar-refractivity contribution in [2.45, 2.75) is 46.0 Å². The highest BCUT2D eigenvalue weighted by atomic mass is 32.1. The molecule has 1 N–H and O–H groups in total. The maximum absolute atomic E-state index is 12.4. The molecule has 1 fully saturated rings. The van der Waals surface area contributed by atoms with Gasteiger partial charge in [-0.3, -0.25) is 4.79 Å². The molecule has 0 aliphatic carbocycles. The summed E-state index contributed by atoms with van der Waals surface area (Å²) in [6, 6.07) is 0. The molecular formula is C15H24N4O3S. The van der Waals surface area contributed by atoms with Gasteiger partial charge < -0.3 is 15.0 Å². The molecule has 1 aliphatic heterocycles. The first-order chi connectivity index (χ1) is 11.1. The van der Waals surface area contributed by atoms with Gasteiger partial charge in [0.1, 0.15) is 5.01 Å². The molecule has 7 nitrogen and oxygen atoms in total. The van der Waals surface area contributed by atoms with Gasteiger partial charge in [0.15, 0.2) is 0 Å². The molecule has 0 aromatic carbocycles. The maximum atomic E-state index is 12.4. The number of rotatable bonds is 6. The molecule has 1 atom stereocenters. The largest absolute Gasteiger partial charge is 0.450 e. The summed E-state index contributed by atoms with van der Waals surface area (Å²) in [4.78, 5) is 25.7. The Bertz CT molecular complexity index is 535. The summed E-state index contributed by atoms with van der Waals surface area (Å²) in [6.07, 6.45) is 4.29. The third-order valence-electron chi connectivity index (χ3n) is 3.76. The lowest BCUT2D eigenvalue weighted by Gasteiger charge is -2.30. The molecule has 1 aliphatic rings. The third-order valence-corrected chi connectivity index (χ3v) is 4.66. The van der Waals surface area contributed by atoms with Gasteiger partial charge in [0.25, 0.3) is 0 Å². The Morgan fingerprint density at radius 3 is 2.96 bits per heavy atom. The zero-order valence-corrected chi connectivity index (χ0v) is 14.5. The van der Waals surface area contributed by atoms with Gasteiger partial charge in [-0.05, 0) is 26.2 Å². The van der Waals surface area contributed by atoms with Crippen LogP contribution in [-0.4, -0.2) is 46.8 Å². The van der Waals surface area contributed by atoms with E-state index in [0.717, 1.165) is 37.1 Å². The monoisotopic (exact) mass is 340 g/mol. The maximum Gasteiger partial charge on any atom is 0.409 e. The first-order valence-corrected chi connectivity index (χ1v) is 9.00. The van der Waals surface area contributed by atoms with Gasteiger partial charge in [0.05, 0.1) is 12.5 Å². The Balaban J connectivity index is 1.87. The highest BCUT2D eigenvalue weighted by Gasteiger charge is 2.29. The molecule has 1 saturated heterocycles. The molecule has 2 heterocycles. The average molecular weight is 340 g/mol. The average Bonchev–Trinajstić information content (AvgIpc) is 3.00. The van der Waals surface area contributed by atoms with Crippen LogP contribution in [0.1, 0.15) is 44.5 Å². The lowest BCUT2D eigenvalue weighted by molar-refractivity contribution is -0.121. The lowest BCUT2D eigenvalue weighted by Crippen LogP contribution is -2.44. The zero-order valence-electron chi connectivity index (χ0n) is 13.7. The highest BCUT2D eigenvalue weighted by molar-refractivity contribution is 7.15. The summed E-state index contributed by atoms with van der Waals surface area (Å²) in [7, 11) is 0. The van der Waals surface area contributed by atoms with Gasteiger partial charge in [0.2, 0.25) is 11.0 Å². The van der Waals surface area contributed by atoms with Crippen LogP contribution in [0, 0.1) is 5.92 Å². The number of aromatic nitrogens is 2. The van der Waals surface area contributed by atoms with Crippen LogP contribution in [0.25, 0.3) is 0 Å². The number of amides is 2. The minimum atomic E-state index is -0.345. The van der Waals surface area contributed by atoms with E-state index in [1.165, 1.54) is 11.3 Å². The SMILES string of the molecule is CCCCc1nnc(NC(=O)C2CCCN(C(=O)OCC)C2)s1. The smallest absolute Gasteiger partial charge is 0.409 e. The minimum Gasteiger partial charge on any atom is -0.450 e. The Labute approximate surface area is 140 Å². The molecule has 23 heavy (non-hydrogen) atoms. The van der Waals surface area contributed by atoms with E-state index in [9.17, 15) is 9.59 Å². The van der Waals surface area contributed by atoms with Crippen molar-refractivity contribution in [2.24, 2.45) is 5.92 Å². The standard InChI is InChI=1S/C15H24N4O3S/c1-3-5-8-12-17-18-14(23-12)16-13(20)11-7-6-9-19(10-11)15(21)22-4-2/h11H,3-10H2,1-2H3,(H,16,18,20). The topological polar surface area (TPSA) is 84.4 Å². The van der Waals surface area contributed by atoms with Crippen molar-refractivity contribution in [1.82, 2.24) is 15.1 Å². The van der Waals surface area contributed by atoms with Crippen molar-refractivity contribution in [1.29, 1.82) is 0 Å². The number of carbonyl (C=O) groups is 2. The molecule has 128 valence electrons. The van der Waals surface area contributed by atoms with Crippen LogP contribution in [0.5, 0.6) is 0 Å². The normalized spacial score (nSPS) is 17.8. The van der Waals surface area contributed by atoms with E-state index in [2.05, 4.69) is 22.4 Å². The number of aryl methyl sites for hydroxylation is 1. The Morgan fingerprint density at radius 1 is 1.39 bits per heavy atom. The second-order valence-corrected chi connectivity index (χ2v) is 6.64. The van der Waals surface area contributed by atoms with E-state index < -0.39 is 0 Å². The van der Waals surface area contributed by atoms with Crippen molar-refractivity contribution in [3.63, 3.8) is 0 Å². The fourth-order valence-electron chi connectivity index (χ4n) is 2.51. The van der Waals surface area contributed by atoms with E-state index in [-0.39, 0.29) is 17.9 Å². The number of ether oxygens (including phenoxy) is 1. The van der Waals surface area contributed by atoms with Crippen LogP contribution in [0.3, 0.4) is 0 Å². The Hall–Kier alpha value is -1.70. The van der Waals surface area contributed by atoms with E-state index in [1.54, 1.807) is 11.8 Å². The van der Waals surface area contributed by atoms with Crippen LogP contribution in [-0.2, 0) is 16.0 Å². The van der Waals surface area contributed by atoms with Crippen LogP contribution < -0.4 is 5.32 Å². The Morgan fingerprint density at radius 2 is 2.22 bits per heavy atom. The van der Waals surface area contributed by atoms with Gasteiger partial charge in [-0.1, -0.05) is 24.7 Å². The van der Waals surface area contributed by atoms with Gasteiger partial charge in [-0.25, -0.2) is 4.79 Å². The first kappa shape index (κ1) is 17.7. The molecule has 2 amide bonds. The quantitative estimate of drug-likeness (QED) is 0.860. The van der Waals surface area contributed by atoms with Crippen molar-refractivity contribution < 1.29 is 14.3 Å². The van der Waals surface area contributed by atoms with Crippen molar-refractivity contribution >= 4 is 28.5 Å². The third kappa shape index (κ3) is 5.16. The van der Waals surface area contributed by atoms with Crippen LogP contribution in [0.2, 0.25) is 0 Å². The van der Waals surface area contributed by atoms with Crippen molar-refractivity contribution in [3.8, 4) is 0 Å². The fourth-order valence-corrected chi connectivity index (χ4v) is 3.30. The van der Waals surface area contributed by atoms with E-state index in [1.807, 2.05) is 0 Å². The van der Waals surface area contributed by atoms with Gasteiger partial charge in [0, 0.05) is 19.5 Å². The molecular weight excluding hydrogens is 316 g/mol. The summed E-state index contributed by atoms with van der Waals surface area (Å²) < 4.78 is 5.00. The molecule has 2 rings (SSSR count). The number of carbonyl (C=O) groups excluding carboxylic acids is 2. The summed E-state index contributed by atoms with van der Waals surface area (Å²) in [5.74, 6) is -0.326. The minimum absolute atomic E-state index is 0.0998. The van der Waals surface area contributed by atoms with E-state index in [0.29, 0.717) is 24.8 Å². The van der Waals surface area contributed by atoms with E-state index >= 15 is 0 Å². The molecule has 0 bridgehead atoms.